The highest BCUT2D eigenvalue weighted by atomic mass is 16.7. The average molecular weight is 575 g/mol. The molecule has 4 N–H and O–H groups in total. The van der Waals surface area contributed by atoms with Crippen LogP contribution in [0.3, 0.4) is 0 Å². The minimum absolute atomic E-state index is 0.371. The summed E-state index contributed by atoms with van der Waals surface area (Å²) in [5, 5.41) is 40.8. The number of allylic oxidation sites excluding steroid dienone is 4. The summed E-state index contributed by atoms with van der Waals surface area (Å²) in [7, 11) is 2.32. The van der Waals surface area contributed by atoms with Crippen LogP contribution >= 0.6 is 0 Å². The van der Waals surface area contributed by atoms with Gasteiger partial charge in [0.05, 0.1) is 44.3 Å². The number of ether oxygens (including phenoxy) is 3. The van der Waals surface area contributed by atoms with Gasteiger partial charge in [0, 0.05) is 19.3 Å². The molecule has 0 saturated carbocycles. The first-order chi connectivity index (χ1) is 19.4. The summed E-state index contributed by atoms with van der Waals surface area (Å²) in [5.41, 5.74) is 4.01. The van der Waals surface area contributed by atoms with E-state index in [9.17, 15) is 25.2 Å². The summed E-state index contributed by atoms with van der Waals surface area (Å²) in [6, 6.07) is 4.08. The number of carbonyl (C=O) groups excluding carboxylic acids is 1. The molecule has 1 aromatic rings. The molecule has 8 atom stereocenters. The smallest absolute Gasteiger partial charge is 0.338 e. The van der Waals surface area contributed by atoms with Crippen LogP contribution in [0.15, 0.2) is 35.4 Å². The molecule has 3 saturated heterocycles. The second-order valence-corrected chi connectivity index (χ2v) is 12.7. The van der Waals surface area contributed by atoms with Gasteiger partial charge in [0.2, 0.25) is 6.29 Å². The molecule has 9 heteroatoms. The Bertz CT molecular complexity index is 1100. The summed E-state index contributed by atoms with van der Waals surface area (Å²) >= 11 is 0. The molecule has 4 rings (SSSR count). The van der Waals surface area contributed by atoms with Crippen LogP contribution < -0.4 is 4.74 Å². The van der Waals surface area contributed by atoms with Crippen LogP contribution in [0, 0.1) is 5.92 Å². The number of quaternary nitrogens is 1. The molecule has 1 unspecified atom stereocenters. The van der Waals surface area contributed by atoms with Crippen LogP contribution in [0.25, 0.3) is 0 Å². The number of benzene rings is 1. The predicted molar refractivity (Wildman–Crippen MR) is 154 cm³/mol. The van der Waals surface area contributed by atoms with Gasteiger partial charge in [-0.15, -0.1) is 0 Å². The lowest BCUT2D eigenvalue weighted by atomic mass is 9.97. The van der Waals surface area contributed by atoms with E-state index in [-0.39, 0.29) is 5.97 Å². The van der Waals surface area contributed by atoms with E-state index < -0.39 is 37.3 Å². The molecule has 3 aliphatic rings. The van der Waals surface area contributed by atoms with Crippen molar-refractivity contribution in [1.29, 1.82) is 0 Å². The number of aliphatic hydroxyl groups excluding tert-OH is 4. The maximum Gasteiger partial charge on any atom is 0.338 e. The van der Waals surface area contributed by atoms with Crippen molar-refractivity contribution in [2.75, 3.05) is 33.4 Å². The van der Waals surface area contributed by atoms with Crippen LogP contribution in [0.1, 0.15) is 68.4 Å². The first-order valence-corrected chi connectivity index (χ1v) is 14.8. The lowest BCUT2D eigenvalue weighted by molar-refractivity contribution is -0.910. The number of nitrogens with zero attached hydrogens (tertiary/aromatic N) is 1. The third kappa shape index (κ3) is 7.21. The molecular formula is C32H48NO8+. The van der Waals surface area contributed by atoms with Crippen LogP contribution in [-0.4, -0.2) is 101 Å². The Morgan fingerprint density at radius 1 is 0.976 bits per heavy atom. The van der Waals surface area contributed by atoms with Gasteiger partial charge in [0.1, 0.15) is 36.8 Å². The second kappa shape index (κ2) is 13.4. The van der Waals surface area contributed by atoms with Gasteiger partial charge in [-0.3, -0.25) is 0 Å². The van der Waals surface area contributed by atoms with Gasteiger partial charge >= 0.3 is 5.97 Å². The third-order valence-corrected chi connectivity index (χ3v) is 8.97. The molecule has 3 heterocycles. The standard InChI is InChI=1S/C32H48NO8/c1-19(2)8-10-21-15-24(31(38)39-18-23-12-14-33(5)13-6-7-25(23)33)16-22(11-9-20(3)4)30(21)41-32-29(37)28(36)27(35)26(17-34)40-32/h8-9,15-16,23,25-29,32,34-37H,6-7,10-14,17-18H2,1-5H3/q+1/t23-,25+,26+,27+,28-,29+,32-,33?/m0/s1. The van der Waals surface area contributed by atoms with E-state index in [2.05, 4.69) is 7.05 Å². The van der Waals surface area contributed by atoms with Crippen molar-refractivity contribution in [2.24, 2.45) is 5.92 Å². The normalized spacial score (nSPS) is 32.8. The van der Waals surface area contributed by atoms with Crippen LogP contribution in [0.2, 0.25) is 0 Å². The number of hydrogen-bond acceptors (Lipinski definition) is 8. The zero-order valence-corrected chi connectivity index (χ0v) is 25.1. The van der Waals surface area contributed by atoms with Crippen molar-refractivity contribution in [1.82, 2.24) is 0 Å². The second-order valence-electron chi connectivity index (χ2n) is 12.7. The van der Waals surface area contributed by atoms with Crippen molar-refractivity contribution < 1.29 is 43.9 Å². The molecule has 41 heavy (non-hydrogen) atoms. The molecular weight excluding hydrogens is 526 g/mol. The SMILES string of the molecule is CC(C)=CCc1cc(C(=O)OC[C@@H]2CC[N+]3(C)CCC[C@H]23)cc(CC=C(C)C)c1O[C@@H]1O[C@H](CO)[C@@H](O)[C@H](O)[C@H]1O. The van der Waals surface area contributed by atoms with E-state index in [4.69, 9.17) is 14.2 Å². The van der Waals surface area contributed by atoms with Crippen molar-refractivity contribution in [2.45, 2.75) is 96.5 Å². The number of hydrogen-bond donors (Lipinski definition) is 4. The van der Waals surface area contributed by atoms with E-state index in [1.807, 2.05) is 39.8 Å². The molecule has 1 aromatic carbocycles. The largest absolute Gasteiger partial charge is 0.462 e. The van der Waals surface area contributed by atoms with Crippen molar-refractivity contribution in [3.63, 3.8) is 0 Å². The number of fused-ring (bicyclic) bond motifs is 1. The fourth-order valence-corrected chi connectivity index (χ4v) is 6.51. The third-order valence-electron chi connectivity index (χ3n) is 8.97. The summed E-state index contributed by atoms with van der Waals surface area (Å²) < 4.78 is 18.9. The van der Waals surface area contributed by atoms with Gasteiger partial charge in [-0.05, 0) is 63.8 Å². The molecule has 0 aromatic heterocycles. The van der Waals surface area contributed by atoms with Crippen molar-refractivity contribution in [3.8, 4) is 5.75 Å². The van der Waals surface area contributed by atoms with Crippen LogP contribution in [0.4, 0.5) is 0 Å². The number of rotatable bonds is 10. The molecule has 0 bridgehead atoms. The number of esters is 1. The monoisotopic (exact) mass is 574 g/mol. The summed E-state index contributed by atoms with van der Waals surface area (Å²) in [4.78, 5) is 13.4. The first-order valence-electron chi connectivity index (χ1n) is 14.8. The van der Waals surface area contributed by atoms with Gasteiger partial charge in [-0.2, -0.15) is 0 Å². The predicted octanol–water partition coefficient (Wildman–Crippen LogP) is 2.67. The van der Waals surface area contributed by atoms with Crippen LogP contribution in [-0.2, 0) is 22.3 Å². The summed E-state index contributed by atoms with van der Waals surface area (Å²) in [6.45, 7) is 10.1. The molecule has 3 aliphatic heterocycles. The Morgan fingerprint density at radius 2 is 1.61 bits per heavy atom. The van der Waals surface area contributed by atoms with Gasteiger partial charge < -0.3 is 39.1 Å². The van der Waals surface area contributed by atoms with E-state index in [0.29, 0.717) is 53.8 Å². The Kier molecular flexibility index (Phi) is 10.3. The lowest BCUT2D eigenvalue weighted by Gasteiger charge is -2.40. The highest BCUT2D eigenvalue weighted by Gasteiger charge is 2.49. The topological polar surface area (TPSA) is 126 Å². The van der Waals surface area contributed by atoms with Crippen molar-refractivity contribution in [3.05, 3.63) is 52.1 Å². The van der Waals surface area contributed by atoms with Gasteiger partial charge in [0.25, 0.3) is 0 Å². The van der Waals surface area contributed by atoms with E-state index in [1.165, 1.54) is 19.4 Å². The molecule has 9 nitrogen and oxygen atoms in total. The number of aliphatic hydroxyl groups is 4. The van der Waals surface area contributed by atoms with Gasteiger partial charge in [-0.1, -0.05) is 23.3 Å². The lowest BCUT2D eigenvalue weighted by Crippen LogP contribution is -2.60. The zero-order valence-electron chi connectivity index (χ0n) is 25.1. The zero-order chi connectivity index (χ0) is 29.9. The van der Waals surface area contributed by atoms with Gasteiger partial charge in [-0.25, -0.2) is 4.79 Å². The Hall–Kier alpha value is -2.27. The van der Waals surface area contributed by atoms with E-state index in [1.54, 1.807) is 12.1 Å². The Balaban J connectivity index is 1.63. The molecule has 3 fully saturated rings. The van der Waals surface area contributed by atoms with E-state index >= 15 is 0 Å². The van der Waals surface area contributed by atoms with Gasteiger partial charge in [0.15, 0.2) is 0 Å². The molecule has 0 spiro atoms. The molecule has 0 aliphatic carbocycles. The minimum atomic E-state index is -1.56. The summed E-state index contributed by atoms with van der Waals surface area (Å²) in [5.74, 6) is 0.423. The maximum atomic E-state index is 13.4. The molecule has 0 radical (unpaired) electrons. The fraction of sp³-hybridized carbons (Fsp3) is 0.656. The first kappa shape index (κ1) is 31.7. The Labute approximate surface area is 243 Å². The quantitative estimate of drug-likeness (QED) is 0.191. The van der Waals surface area contributed by atoms with Crippen molar-refractivity contribution >= 4 is 5.97 Å². The maximum absolute atomic E-state index is 13.4. The highest BCUT2D eigenvalue weighted by Crippen LogP contribution is 2.39. The van der Waals surface area contributed by atoms with Crippen LogP contribution in [0.5, 0.6) is 5.75 Å². The minimum Gasteiger partial charge on any atom is -0.462 e. The highest BCUT2D eigenvalue weighted by molar-refractivity contribution is 5.90. The number of carbonyl (C=O) groups is 1. The summed E-state index contributed by atoms with van der Waals surface area (Å²) in [6.07, 6.45) is 1.42. The Morgan fingerprint density at radius 3 is 2.20 bits per heavy atom. The fourth-order valence-electron chi connectivity index (χ4n) is 6.51. The average Bonchev–Trinajstić information content (AvgIpc) is 3.46. The molecule has 0 amide bonds. The molecule has 228 valence electrons. The van der Waals surface area contributed by atoms with E-state index in [0.717, 1.165) is 28.6 Å².